The minimum Gasteiger partial charge on any atom is -0.354 e. The standard InChI is InChI=1S/C17H15ClFN7/c1-25(17-13(19)6-10(7-20)14(18)24-17)11-3-5-26(8-11)16-12-2-4-21-15(12)22-9-23-16/h2,4,6,9,11H,3,5,8H2,1H3,(H,21,22,23)/t11-/m1/s1. The van der Waals surface area contributed by atoms with E-state index in [2.05, 4.69) is 24.8 Å². The van der Waals surface area contributed by atoms with Crippen molar-refractivity contribution in [3.8, 4) is 6.07 Å². The summed E-state index contributed by atoms with van der Waals surface area (Å²) in [5.41, 5.74) is 0.823. The number of fused-ring (bicyclic) bond motifs is 1. The molecule has 1 fully saturated rings. The highest BCUT2D eigenvalue weighted by molar-refractivity contribution is 6.30. The summed E-state index contributed by atoms with van der Waals surface area (Å²) in [6.45, 7) is 1.46. The molecule has 3 aromatic heterocycles. The highest BCUT2D eigenvalue weighted by Gasteiger charge is 2.30. The number of hydrogen-bond donors (Lipinski definition) is 1. The lowest BCUT2D eigenvalue weighted by Gasteiger charge is -2.26. The van der Waals surface area contributed by atoms with E-state index in [4.69, 9.17) is 16.9 Å². The van der Waals surface area contributed by atoms with Crippen molar-refractivity contribution in [2.24, 2.45) is 0 Å². The Labute approximate surface area is 154 Å². The summed E-state index contributed by atoms with van der Waals surface area (Å²) in [5, 5.41) is 9.91. The number of nitrogens with zero attached hydrogens (tertiary/aromatic N) is 6. The number of halogens is 2. The SMILES string of the molecule is CN(c1nc(Cl)c(C#N)cc1F)[C@@H]1CCN(c2ncnc3[nH]ccc23)C1. The molecule has 7 nitrogen and oxygen atoms in total. The number of hydrogen-bond acceptors (Lipinski definition) is 6. The summed E-state index contributed by atoms with van der Waals surface area (Å²) >= 11 is 5.97. The second kappa shape index (κ2) is 6.42. The first kappa shape index (κ1) is 16.5. The van der Waals surface area contributed by atoms with E-state index in [0.717, 1.165) is 35.9 Å². The van der Waals surface area contributed by atoms with Gasteiger partial charge in [0.05, 0.1) is 10.9 Å². The maximum absolute atomic E-state index is 14.4. The van der Waals surface area contributed by atoms with Crippen LogP contribution in [0.2, 0.25) is 5.15 Å². The summed E-state index contributed by atoms with van der Waals surface area (Å²) in [6, 6.07) is 4.96. The number of likely N-dealkylation sites (N-methyl/N-ethyl adjacent to an activating group) is 1. The molecular formula is C17H15ClFN7. The average Bonchev–Trinajstić information content (AvgIpc) is 3.31. The molecule has 1 saturated heterocycles. The van der Waals surface area contributed by atoms with Crippen LogP contribution in [0.5, 0.6) is 0 Å². The van der Waals surface area contributed by atoms with E-state index >= 15 is 0 Å². The van der Waals surface area contributed by atoms with Crippen LogP contribution in [0.3, 0.4) is 0 Å². The van der Waals surface area contributed by atoms with Gasteiger partial charge in [-0.15, -0.1) is 0 Å². The summed E-state index contributed by atoms with van der Waals surface area (Å²) in [6.07, 6.45) is 4.19. The molecule has 4 heterocycles. The molecular weight excluding hydrogens is 357 g/mol. The first-order valence-electron chi connectivity index (χ1n) is 8.10. The Hall–Kier alpha value is -2.92. The molecule has 4 rings (SSSR count). The van der Waals surface area contributed by atoms with Gasteiger partial charge in [0.15, 0.2) is 11.6 Å². The first-order chi connectivity index (χ1) is 12.6. The molecule has 1 atom stereocenters. The molecule has 26 heavy (non-hydrogen) atoms. The number of aromatic amines is 1. The Morgan fingerprint density at radius 1 is 1.46 bits per heavy atom. The molecule has 0 amide bonds. The monoisotopic (exact) mass is 371 g/mol. The van der Waals surface area contributed by atoms with E-state index in [0.29, 0.717) is 6.54 Å². The molecule has 0 spiro atoms. The zero-order valence-corrected chi connectivity index (χ0v) is 14.7. The van der Waals surface area contributed by atoms with Gasteiger partial charge in [-0.25, -0.2) is 19.3 Å². The maximum Gasteiger partial charge on any atom is 0.167 e. The van der Waals surface area contributed by atoms with Crippen molar-refractivity contribution in [3.05, 3.63) is 41.2 Å². The van der Waals surface area contributed by atoms with Gasteiger partial charge in [0.1, 0.15) is 29.0 Å². The van der Waals surface area contributed by atoms with Gasteiger partial charge in [0, 0.05) is 32.4 Å². The quantitative estimate of drug-likeness (QED) is 0.712. The van der Waals surface area contributed by atoms with E-state index in [1.165, 1.54) is 6.33 Å². The van der Waals surface area contributed by atoms with Gasteiger partial charge in [0.2, 0.25) is 0 Å². The summed E-state index contributed by atoms with van der Waals surface area (Å²) in [5.74, 6) is 0.454. The Morgan fingerprint density at radius 2 is 2.31 bits per heavy atom. The van der Waals surface area contributed by atoms with E-state index < -0.39 is 5.82 Å². The molecule has 9 heteroatoms. The van der Waals surface area contributed by atoms with E-state index in [1.807, 2.05) is 18.3 Å². The molecule has 0 bridgehead atoms. The summed E-state index contributed by atoms with van der Waals surface area (Å²) in [7, 11) is 1.79. The summed E-state index contributed by atoms with van der Waals surface area (Å²) in [4.78, 5) is 19.7. The third kappa shape index (κ3) is 2.70. The van der Waals surface area contributed by atoms with Gasteiger partial charge < -0.3 is 14.8 Å². The highest BCUT2D eigenvalue weighted by Crippen LogP contribution is 2.30. The molecule has 0 aliphatic carbocycles. The van der Waals surface area contributed by atoms with Crippen molar-refractivity contribution in [1.29, 1.82) is 5.26 Å². The van der Waals surface area contributed by atoms with Crippen LogP contribution < -0.4 is 9.80 Å². The lowest BCUT2D eigenvalue weighted by atomic mass is 10.2. The molecule has 0 radical (unpaired) electrons. The molecule has 1 aliphatic heterocycles. The number of pyridine rings is 1. The zero-order chi connectivity index (χ0) is 18.3. The number of nitriles is 1. The largest absolute Gasteiger partial charge is 0.354 e. The smallest absolute Gasteiger partial charge is 0.167 e. The molecule has 0 saturated carbocycles. The molecule has 1 aliphatic rings. The number of rotatable bonds is 3. The van der Waals surface area contributed by atoms with Crippen LogP contribution in [0.15, 0.2) is 24.7 Å². The van der Waals surface area contributed by atoms with Crippen LogP contribution in [-0.4, -0.2) is 46.1 Å². The average molecular weight is 372 g/mol. The molecule has 0 aromatic carbocycles. The van der Waals surface area contributed by atoms with Gasteiger partial charge in [0.25, 0.3) is 0 Å². The van der Waals surface area contributed by atoms with Crippen molar-refractivity contribution in [2.45, 2.75) is 12.5 Å². The number of anilines is 2. The maximum atomic E-state index is 14.4. The summed E-state index contributed by atoms with van der Waals surface area (Å²) < 4.78 is 14.4. The van der Waals surface area contributed by atoms with Crippen molar-refractivity contribution in [2.75, 3.05) is 29.9 Å². The van der Waals surface area contributed by atoms with Crippen LogP contribution in [0.1, 0.15) is 12.0 Å². The molecule has 132 valence electrons. The predicted molar refractivity (Wildman–Crippen MR) is 96.8 cm³/mol. The Morgan fingerprint density at radius 3 is 3.12 bits per heavy atom. The fourth-order valence-electron chi connectivity index (χ4n) is 3.32. The number of H-pyrrole nitrogens is 1. The minimum atomic E-state index is -0.554. The fourth-order valence-corrected chi connectivity index (χ4v) is 3.49. The van der Waals surface area contributed by atoms with Crippen LogP contribution in [0.4, 0.5) is 16.0 Å². The van der Waals surface area contributed by atoms with Crippen LogP contribution in [0, 0.1) is 17.1 Å². The Kier molecular flexibility index (Phi) is 4.09. The van der Waals surface area contributed by atoms with Gasteiger partial charge >= 0.3 is 0 Å². The zero-order valence-electron chi connectivity index (χ0n) is 13.9. The van der Waals surface area contributed by atoms with Crippen LogP contribution in [0.25, 0.3) is 11.0 Å². The second-order valence-corrected chi connectivity index (χ2v) is 6.54. The van der Waals surface area contributed by atoms with Gasteiger partial charge in [-0.1, -0.05) is 11.6 Å². The third-order valence-electron chi connectivity index (χ3n) is 4.71. The molecule has 0 unspecified atom stereocenters. The van der Waals surface area contributed by atoms with Crippen molar-refractivity contribution >= 4 is 34.3 Å². The van der Waals surface area contributed by atoms with E-state index in [-0.39, 0.29) is 22.6 Å². The van der Waals surface area contributed by atoms with Crippen LogP contribution in [-0.2, 0) is 0 Å². The lowest BCUT2D eigenvalue weighted by Crippen LogP contribution is -2.36. The third-order valence-corrected chi connectivity index (χ3v) is 5.00. The number of aromatic nitrogens is 4. The lowest BCUT2D eigenvalue weighted by molar-refractivity contribution is 0.596. The normalized spacial score (nSPS) is 16.8. The van der Waals surface area contributed by atoms with Gasteiger partial charge in [-0.3, -0.25) is 0 Å². The Balaban J connectivity index is 1.58. The second-order valence-electron chi connectivity index (χ2n) is 6.18. The molecule has 1 N–H and O–H groups in total. The predicted octanol–water partition coefficient (Wildman–Crippen LogP) is 2.73. The Bertz CT molecular complexity index is 1010. The topological polar surface area (TPSA) is 84.7 Å². The van der Waals surface area contributed by atoms with E-state index in [9.17, 15) is 4.39 Å². The minimum absolute atomic E-state index is 0.00966. The van der Waals surface area contributed by atoms with Gasteiger partial charge in [-0.05, 0) is 18.6 Å². The van der Waals surface area contributed by atoms with E-state index in [1.54, 1.807) is 11.9 Å². The van der Waals surface area contributed by atoms with Crippen molar-refractivity contribution < 1.29 is 4.39 Å². The number of nitrogens with one attached hydrogen (secondary N) is 1. The van der Waals surface area contributed by atoms with Crippen LogP contribution >= 0.6 is 11.6 Å². The van der Waals surface area contributed by atoms with Crippen molar-refractivity contribution in [3.63, 3.8) is 0 Å². The molecule has 3 aromatic rings. The first-order valence-corrected chi connectivity index (χ1v) is 8.48. The highest BCUT2D eigenvalue weighted by atomic mass is 35.5. The fraction of sp³-hybridized carbons (Fsp3) is 0.294. The van der Waals surface area contributed by atoms with Crippen molar-refractivity contribution in [1.82, 2.24) is 19.9 Å². The van der Waals surface area contributed by atoms with Gasteiger partial charge in [-0.2, -0.15) is 5.26 Å².